The topological polar surface area (TPSA) is 60.0 Å². The number of nitrogens with zero attached hydrogens (tertiary/aromatic N) is 1. The minimum absolute atomic E-state index is 0.144. The Balaban J connectivity index is 1.29. The molecule has 0 bridgehead atoms. The molecule has 2 aromatic carbocycles. The Morgan fingerprint density at radius 2 is 1.69 bits per heavy atom. The van der Waals surface area contributed by atoms with Crippen molar-refractivity contribution in [1.82, 2.24) is 10.2 Å². The number of carbonyl (C=O) groups is 1. The molecule has 1 fully saturated rings. The van der Waals surface area contributed by atoms with Gasteiger partial charge in [-0.15, -0.1) is 0 Å². The van der Waals surface area contributed by atoms with E-state index in [1.54, 1.807) is 20.3 Å². The van der Waals surface area contributed by atoms with Gasteiger partial charge in [0, 0.05) is 29.9 Å². The minimum atomic E-state index is -0.144. The standard InChI is InChI=1S/C33H38N2O4/c1-35-17-15-28(16-18-35)39-30-12-5-8-24(20-30)23-7-4-10-27(19-23)34-33(36)26-13-14-32(38-3)31(22-26)25-9-6-11-29(21-25)37-2/h6,9-14,19-22,28H,4-5,7-8,15-18H2,1-3H3,(H,34,36). The fraction of sp³-hybridized carbons (Fsp3) is 0.364. The molecular formula is C33H38N2O4. The third-order valence-electron chi connectivity index (χ3n) is 7.66. The van der Waals surface area contributed by atoms with E-state index in [1.165, 1.54) is 11.1 Å². The second-order valence-electron chi connectivity index (χ2n) is 10.4. The number of carbonyl (C=O) groups excluding carboxylic acids is 1. The van der Waals surface area contributed by atoms with Gasteiger partial charge in [0.25, 0.3) is 5.91 Å². The predicted octanol–water partition coefficient (Wildman–Crippen LogP) is 6.42. The van der Waals surface area contributed by atoms with Crippen molar-refractivity contribution in [3.8, 4) is 22.6 Å². The summed E-state index contributed by atoms with van der Waals surface area (Å²) in [5.74, 6) is 2.31. The number of rotatable bonds is 8. The van der Waals surface area contributed by atoms with E-state index in [2.05, 4.69) is 41.6 Å². The second-order valence-corrected chi connectivity index (χ2v) is 10.4. The maximum atomic E-state index is 13.3. The maximum Gasteiger partial charge on any atom is 0.255 e. The number of hydrogen-bond donors (Lipinski definition) is 1. The van der Waals surface area contributed by atoms with Crippen LogP contribution in [0.3, 0.4) is 0 Å². The van der Waals surface area contributed by atoms with Crippen molar-refractivity contribution in [2.24, 2.45) is 0 Å². The van der Waals surface area contributed by atoms with Crippen molar-refractivity contribution in [2.45, 2.75) is 44.6 Å². The number of hydrogen-bond acceptors (Lipinski definition) is 5. The summed E-state index contributed by atoms with van der Waals surface area (Å²) in [6, 6.07) is 13.3. The Bertz CT molecular complexity index is 1330. The van der Waals surface area contributed by atoms with Gasteiger partial charge in [-0.1, -0.05) is 18.2 Å². The quantitative estimate of drug-likeness (QED) is 0.430. The van der Waals surface area contributed by atoms with Gasteiger partial charge in [0.1, 0.15) is 23.4 Å². The number of ether oxygens (including phenoxy) is 3. The fourth-order valence-corrected chi connectivity index (χ4v) is 5.41. The Labute approximate surface area is 231 Å². The monoisotopic (exact) mass is 526 g/mol. The highest BCUT2D eigenvalue weighted by molar-refractivity contribution is 5.97. The first-order valence-corrected chi connectivity index (χ1v) is 13.8. The molecule has 2 aliphatic carbocycles. The molecule has 1 aliphatic heterocycles. The van der Waals surface area contributed by atoms with Crippen LogP contribution in [-0.2, 0) is 4.74 Å². The van der Waals surface area contributed by atoms with Crippen LogP contribution in [0, 0.1) is 0 Å². The zero-order chi connectivity index (χ0) is 27.2. The molecule has 5 rings (SSSR count). The average Bonchev–Trinajstić information content (AvgIpc) is 2.98. The van der Waals surface area contributed by atoms with Crippen molar-refractivity contribution < 1.29 is 19.0 Å². The summed E-state index contributed by atoms with van der Waals surface area (Å²) < 4.78 is 17.3. The van der Waals surface area contributed by atoms with Gasteiger partial charge in [0.2, 0.25) is 0 Å². The van der Waals surface area contributed by atoms with Gasteiger partial charge in [-0.2, -0.15) is 0 Å². The fourth-order valence-electron chi connectivity index (χ4n) is 5.41. The smallest absolute Gasteiger partial charge is 0.255 e. The molecule has 204 valence electrons. The van der Waals surface area contributed by atoms with E-state index >= 15 is 0 Å². The van der Waals surface area contributed by atoms with Crippen LogP contribution in [0.15, 0.2) is 89.4 Å². The van der Waals surface area contributed by atoms with Crippen LogP contribution in [-0.4, -0.2) is 51.3 Å². The van der Waals surface area contributed by atoms with E-state index in [1.807, 2.05) is 36.4 Å². The highest BCUT2D eigenvalue weighted by Gasteiger charge is 2.21. The van der Waals surface area contributed by atoms with E-state index in [0.717, 1.165) is 79.9 Å². The van der Waals surface area contributed by atoms with Crippen LogP contribution in [0.1, 0.15) is 48.9 Å². The summed E-state index contributed by atoms with van der Waals surface area (Å²) in [7, 11) is 5.45. The number of nitrogens with one attached hydrogen (secondary N) is 1. The summed E-state index contributed by atoms with van der Waals surface area (Å²) in [6.45, 7) is 2.17. The second kappa shape index (κ2) is 12.4. The Hall–Kier alpha value is -3.77. The molecular weight excluding hydrogens is 488 g/mol. The molecule has 3 aliphatic rings. The van der Waals surface area contributed by atoms with Crippen LogP contribution in [0.4, 0.5) is 0 Å². The number of benzene rings is 2. The molecule has 1 amide bonds. The molecule has 39 heavy (non-hydrogen) atoms. The van der Waals surface area contributed by atoms with E-state index in [-0.39, 0.29) is 5.91 Å². The van der Waals surface area contributed by atoms with Crippen LogP contribution in [0.5, 0.6) is 11.5 Å². The molecule has 0 unspecified atom stereocenters. The first kappa shape index (κ1) is 26.8. The summed E-state index contributed by atoms with van der Waals surface area (Å²) in [5, 5.41) is 3.13. The lowest BCUT2D eigenvalue weighted by Gasteiger charge is -2.30. The molecule has 6 heteroatoms. The molecule has 0 radical (unpaired) electrons. The van der Waals surface area contributed by atoms with Crippen LogP contribution in [0.2, 0.25) is 0 Å². The molecule has 1 N–H and O–H groups in total. The largest absolute Gasteiger partial charge is 0.497 e. The molecule has 0 aromatic heterocycles. The zero-order valence-electron chi connectivity index (χ0n) is 23.2. The van der Waals surface area contributed by atoms with Gasteiger partial charge in [-0.05, 0) is 111 Å². The highest BCUT2D eigenvalue weighted by atomic mass is 16.5. The number of piperidine rings is 1. The van der Waals surface area contributed by atoms with Gasteiger partial charge in [-0.3, -0.25) is 4.79 Å². The number of amides is 1. The van der Waals surface area contributed by atoms with Gasteiger partial charge < -0.3 is 24.4 Å². The minimum Gasteiger partial charge on any atom is -0.497 e. The van der Waals surface area contributed by atoms with Gasteiger partial charge in [0.15, 0.2) is 0 Å². The predicted molar refractivity (Wildman–Crippen MR) is 155 cm³/mol. The average molecular weight is 527 g/mol. The normalized spacial score (nSPS) is 18.3. The first-order valence-electron chi connectivity index (χ1n) is 13.8. The molecule has 0 saturated carbocycles. The third-order valence-corrected chi connectivity index (χ3v) is 7.66. The Morgan fingerprint density at radius 3 is 2.46 bits per heavy atom. The van der Waals surface area contributed by atoms with Gasteiger partial charge >= 0.3 is 0 Å². The lowest BCUT2D eigenvalue weighted by atomic mass is 9.90. The molecule has 1 saturated heterocycles. The maximum absolute atomic E-state index is 13.3. The molecule has 2 aromatic rings. The van der Waals surface area contributed by atoms with Crippen molar-refractivity contribution in [2.75, 3.05) is 34.4 Å². The van der Waals surface area contributed by atoms with E-state index in [9.17, 15) is 4.79 Å². The number of allylic oxidation sites excluding steroid dienone is 6. The van der Waals surface area contributed by atoms with Crippen LogP contribution >= 0.6 is 0 Å². The lowest BCUT2D eigenvalue weighted by Crippen LogP contribution is -2.34. The highest BCUT2D eigenvalue weighted by Crippen LogP contribution is 2.34. The summed E-state index contributed by atoms with van der Waals surface area (Å²) in [6.07, 6.45) is 14.9. The molecule has 0 spiro atoms. The Kier molecular flexibility index (Phi) is 8.52. The number of methoxy groups -OCH3 is 2. The van der Waals surface area contributed by atoms with Crippen LogP contribution < -0.4 is 14.8 Å². The zero-order valence-corrected chi connectivity index (χ0v) is 23.2. The van der Waals surface area contributed by atoms with Crippen molar-refractivity contribution in [3.05, 3.63) is 94.9 Å². The lowest BCUT2D eigenvalue weighted by molar-refractivity contribution is 0.0632. The van der Waals surface area contributed by atoms with Gasteiger partial charge in [-0.25, -0.2) is 0 Å². The van der Waals surface area contributed by atoms with E-state index in [4.69, 9.17) is 14.2 Å². The summed E-state index contributed by atoms with van der Waals surface area (Å²) >= 11 is 0. The Morgan fingerprint density at radius 1 is 0.923 bits per heavy atom. The van der Waals surface area contributed by atoms with Crippen LogP contribution in [0.25, 0.3) is 11.1 Å². The first-order chi connectivity index (χ1) is 19.0. The van der Waals surface area contributed by atoms with Gasteiger partial charge in [0.05, 0.1) is 14.2 Å². The molecule has 1 heterocycles. The van der Waals surface area contributed by atoms with E-state index < -0.39 is 0 Å². The van der Waals surface area contributed by atoms with Crippen molar-refractivity contribution >= 4 is 5.91 Å². The molecule has 6 nitrogen and oxygen atoms in total. The molecule has 0 atom stereocenters. The summed E-state index contributed by atoms with van der Waals surface area (Å²) in [4.78, 5) is 15.7. The van der Waals surface area contributed by atoms with Crippen molar-refractivity contribution in [1.29, 1.82) is 0 Å². The van der Waals surface area contributed by atoms with E-state index in [0.29, 0.717) is 17.4 Å². The number of likely N-dealkylation sites (tertiary alicyclic amines) is 1. The SMILES string of the molecule is COc1cccc(-c2cc(C(=O)NC3=CCCC(C4=CC(OC5CCN(C)CC5)=CCC4)=C3)ccc2OC)c1. The summed E-state index contributed by atoms with van der Waals surface area (Å²) in [5.41, 5.74) is 5.77. The van der Waals surface area contributed by atoms with Crippen molar-refractivity contribution in [3.63, 3.8) is 0 Å². The third kappa shape index (κ3) is 6.63.